The van der Waals surface area contributed by atoms with E-state index in [-0.39, 0.29) is 5.91 Å². The number of hydrogen-bond donors (Lipinski definition) is 3. The topological polar surface area (TPSA) is 99.1 Å². The minimum Gasteiger partial charge on any atom is -0.468 e. The highest BCUT2D eigenvalue weighted by Gasteiger charge is 2.21. The van der Waals surface area contributed by atoms with Crippen molar-refractivity contribution in [3.63, 3.8) is 0 Å². The summed E-state index contributed by atoms with van der Waals surface area (Å²) in [7, 11) is 4.70. The zero-order valence-corrected chi connectivity index (χ0v) is 15.5. The molecule has 0 saturated carbocycles. The number of aliphatic hydroxyl groups is 2. The second-order valence-corrected chi connectivity index (χ2v) is 6.08. The molecule has 0 aliphatic heterocycles. The van der Waals surface area contributed by atoms with Gasteiger partial charge < -0.3 is 19.8 Å². The lowest BCUT2D eigenvalue weighted by Crippen LogP contribution is -2.42. The molecule has 2 unspecified atom stereocenters. The van der Waals surface area contributed by atoms with E-state index in [2.05, 4.69) is 10.1 Å². The molecule has 0 radical (unpaired) electrons. The van der Waals surface area contributed by atoms with Gasteiger partial charge in [0.2, 0.25) is 5.91 Å². The summed E-state index contributed by atoms with van der Waals surface area (Å²) in [5.74, 6) is -0.534. The fourth-order valence-electron chi connectivity index (χ4n) is 2.27. The van der Waals surface area contributed by atoms with E-state index in [0.29, 0.717) is 12.0 Å². The Morgan fingerprint density at radius 3 is 2.69 bits per heavy atom. The minimum absolute atomic E-state index is 0.110. The Morgan fingerprint density at radius 2 is 2.08 bits per heavy atom. The second-order valence-electron chi connectivity index (χ2n) is 6.08. The number of allylic oxidation sites excluding steroid dienone is 1. The zero-order chi connectivity index (χ0) is 19.5. The van der Waals surface area contributed by atoms with Crippen molar-refractivity contribution in [3.8, 4) is 0 Å². The van der Waals surface area contributed by atoms with Crippen LogP contribution in [0.3, 0.4) is 0 Å². The Labute approximate surface area is 154 Å². The maximum atomic E-state index is 11.5. The molecule has 0 saturated heterocycles. The number of methoxy groups -OCH3 is 1. The summed E-state index contributed by atoms with van der Waals surface area (Å²) < 4.78 is 4.56. The van der Waals surface area contributed by atoms with Gasteiger partial charge in [0.1, 0.15) is 12.3 Å². The van der Waals surface area contributed by atoms with E-state index in [4.69, 9.17) is 0 Å². The molecule has 1 aromatic rings. The van der Waals surface area contributed by atoms with Gasteiger partial charge in [-0.25, -0.2) is 0 Å². The number of rotatable bonds is 10. The van der Waals surface area contributed by atoms with Crippen LogP contribution >= 0.6 is 0 Å². The standard InChI is InChI=1S/C19H28N2O5/c1-21(2)17(23)11-6-4-5-8-14-9-7-10-15(12-14)18(24)20-16(13-22)19(25)26-3/h5,7-10,12,16,18,20,22,24H,4,6,11,13H2,1-3H3. The first-order chi connectivity index (χ1) is 12.4. The van der Waals surface area contributed by atoms with Gasteiger partial charge in [-0.05, 0) is 30.0 Å². The molecule has 2 atom stereocenters. The molecule has 0 bridgehead atoms. The molecule has 0 aromatic heterocycles. The van der Waals surface area contributed by atoms with E-state index in [1.807, 2.05) is 18.2 Å². The molecular weight excluding hydrogens is 336 g/mol. The number of esters is 1. The highest BCUT2D eigenvalue weighted by atomic mass is 16.5. The third kappa shape index (κ3) is 7.35. The molecule has 7 nitrogen and oxygen atoms in total. The molecule has 144 valence electrons. The van der Waals surface area contributed by atoms with Crippen molar-refractivity contribution in [2.24, 2.45) is 0 Å². The number of nitrogens with zero attached hydrogens (tertiary/aromatic N) is 1. The van der Waals surface area contributed by atoms with Crippen LogP contribution in [0.5, 0.6) is 0 Å². The normalized spacial score (nSPS) is 13.4. The summed E-state index contributed by atoms with van der Waals surface area (Å²) >= 11 is 0. The molecule has 0 fully saturated rings. The molecular formula is C19H28N2O5. The van der Waals surface area contributed by atoms with E-state index in [1.54, 1.807) is 37.2 Å². The first-order valence-electron chi connectivity index (χ1n) is 8.48. The van der Waals surface area contributed by atoms with Crippen LogP contribution in [0.15, 0.2) is 30.3 Å². The Bertz CT molecular complexity index is 616. The van der Waals surface area contributed by atoms with Crippen molar-refractivity contribution in [2.75, 3.05) is 27.8 Å². The number of unbranched alkanes of at least 4 members (excludes halogenated alkanes) is 1. The van der Waals surface area contributed by atoms with Crippen molar-refractivity contribution >= 4 is 18.0 Å². The van der Waals surface area contributed by atoms with Crippen LogP contribution < -0.4 is 5.32 Å². The van der Waals surface area contributed by atoms with Crippen LogP contribution in [0.1, 0.15) is 36.6 Å². The van der Waals surface area contributed by atoms with Gasteiger partial charge in [-0.2, -0.15) is 0 Å². The van der Waals surface area contributed by atoms with Gasteiger partial charge in [0, 0.05) is 20.5 Å². The quantitative estimate of drug-likeness (QED) is 0.326. The van der Waals surface area contributed by atoms with Crippen LogP contribution in [0.4, 0.5) is 0 Å². The lowest BCUT2D eigenvalue weighted by molar-refractivity contribution is -0.145. The number of aliphatic hydroxyl groups excluding tert-OH is 2. The van der Waals surface area contributed by atoms with E-state index < -0.39 is 24.8 Å². The first kappa shape index (κ1) is 21.8. The molecule has 1 rings (SSSR count). The van der Waals surface area contributed by atoms with Gasteiger partial charge in [0.15, 0.2) is 0 Å². The van der Waals surface area contributed by atoms with Crippen LogP contribution in [-0.2, 0) is 14.3 Å². The molecule has 1 amide bonds. The van der Waals surface area contributed by atoms with Crippen molar-refractivity contribution in [3.05, 3.63) is 41.5 Å². The van der Waals surface area contributed by atoms with Gasteiger partial charge in [0.25, 0.3) is 0 Å². The average molecular weight is 364 g/mol. The summed E-state index contributed by atoms with van der Waals surface area (Å²) in [6.45, 7) is -0.477. The molecule has 0 spiro atoms. The minimum atomic E-state index is -1.11. The number of carbonyl (C=O) groups is 2. The van der Waals surface area contributed by atoms with Crippen LogP contribution in [-0.4, -0.2) is 60.8 Å². The summed E-state index contributed by atoms with van der Waals surface area (Å²) in [6, 6.07) is 6.19. The highest BCUT2D eigenvalue weighted by molar-refractivity contribution is 5.76. The van der Waals surface area contributed by atoms with E-state index in [1.165, 1.54) is 7.11 Å². The smallest absolute Gasteiger partial charge is 0.325 e. The number of benzene rings is 1. The maximum Gasteiger partial charge on any atom is 0.325 e. The van der Waals surface area contributed by atoms with E-state index in [0.717, 1.165) is 18.4 Å². The number of amides is 1. The lowest BCUT2D eigenvalue weighted by atomic mass is 10.1. The maximum absolute atomic E-state index is 11.5. The van der Waals surface area contributed by atoms with Gasteiger partial charge >= 0.3 is 5.97 Å². The predicted octanol–water partition coefficient (Wildman–Crippen LogP) is 1.07. The van der Waals surface area contributed by atoms with Gasteiger partial charge in [-0.1, -0.05) is 30.4 Å². The third-order valence-corrected chi connectivity index (χ3v) is 3.82. The van der Waals surface area contributed by atoms with Crippen molar-refractivity contribution < 1.29 is 24.5 Å². The van der Waals surface area contributed by atoms with Gasteiger partial charge in [-0.15, -0.1) is 0 Å². The third-order valence-electron chi connectivity index (χ3n) is 3.82. The second kappa shape index (κ2) is 11.4. The Morgan fingerprint density at radius 1 is 1.35 bits per heavy atom. The summed E-state index contributed by atoms with van der Waals surface area (Å²) in [5.41, 5.74) is 1.46. The predicted molar refractivity (Wildman–Crippen MR) is 99.0 cm³/mol. The summed E-state index contributed by atoms with van der Waals surface area (Å²) in [6.07, 6.45) is 4.84. The summed E-state index contributed by atoms with van der Waals surface area (Å²) in [5, 5.41) is 22.0. The highest BCUT2D eigenvalue weighted by Crippen LogP contribution is 2.15. The van der Waals surface area contributed by atoms with E-state index >= 15 is 0 Å². The Kier molecular flexibility index (Phi) is 9.57. The molecule has 1 aromatic carbocycles. The zero-order valence-electron chi connectivity index (χ0n) is 15.5. The van der Waals surface area contributed by atoms with Crippen LogP contribution in [0.2, 0.25) is 0 Å². The number of nitrogens with one attached hydrogen (secondary N) is 1. The van der Waals surface area contributed by atoms with Crippen LogP contribution in [0.25, 0.3) is 6.08 Å². The van der Waals surface area contributed by atoms with Crippen molar-refractivity contribution in [1.29, 1.82) is 0 Å². The van der Waals surface area contributed by atoms with Crippen LogP contribution in [0, 0.1) is 0 Å². The Hall–Kier alpha value is -2.22. The Balaban J connectivity index is 2.60. The monoisotopic (exact) mass is 364 g/mol. The first-order valence-corrected chi connectivity index (χ1v) is 8.48. The SMILES string of the molecule is COC(=O)C(CO)NC(O)c1cccc(C=CCCCC(=O)N(C)C)c1. The van der Waals surface area contributed by atoms with E-state index in [9.17, 15) is 19.8 Å². The largest absolute Gasteiger partial charge is 0.468 e. The fraction of sp³-hybridized carbons (Fsp3) is 0.474. The molecule has 7 heteroatoms. The molecule has 26 heavy (non-hydrogen) atoms. The summed E-state index contributed by atoms with van der Waals surface area (Å²) in [4.78, 5) is 24.5. The fourth-order valence-corrected chi connectivity index (χ4v) is 2.27. The lowest BCUT2D eigenvalue weighted by Gasteiger charge is -2.19. The number of ether oxygens (including phenoxy) is 1. The number of carbonyl (C=O) groups excluding carboxylic acids is 2. The molecule has 0 heterocycles. The molecule has 0 aliphatic carbocycles. The van der Waals surface area contributed by atoms with Crippen molar-refractivity contribution in [2.45, 2.75) is 31.5 Å². The van der Waals surface area contributed by atoms with Gasteiger partial charge in [-0.3, -0.25) is 14.9 Å². The molecule has 3 N–H and O–H groups in total. The van der Waals surface area contributed by atoms with Crippen molar-refractivity contribution in [1.82, 2.24) is 10.2 Å². The number of hydrogen-bond acceptors (Lipinski definition) is 6. The molecule has 0 aliphatic rings. The van der Waals surface area contributed by atoms with Gasteiger partial charge in [0.05, 0.1) is 13.7 Å². The average Bonchev–Trinajstić information content (AvgIpc) is 2.64.